The Kier molecular flexibility index (Phi) is 2.13. The summed E-state index contributed by atoms with van der Waals surface area (Å²) in [5.74, 6) is 0. The van der Waals surface area contributed by atoms with Gasteiger partial charge in [-0.1, -0.05) is 6.58 Å². The van der Waals surface area contributed by atoms with Crippen LogP contribution in [0.1, 0.15) is 6.92 Å². The smallest absolute Gasteiger partial charge is 0.320 e. The first-order chi connectivity index (χ1) is 6.59. The van der Waals surface area contributed by atoms with Crippen LogP contribution < -0.4 is 0 Å². The van der Waals surface area contributed by atoms with Crippen LogP contribution in [0, 0.1) is 0 Å². The zero-order valence-electron chi connectivity index (χ0n) is 8.86. The summed E-state index contributed by atoms with van der Waals surface area (Å²) in [6, 6.07) is 0.536. The molecule has 1 atom stereocenters. The molecule has 4 heteroatoms. The SMILES string of the molecule is C=C(C)N1CCN2C(=O)N(C)CC2C1. The van der Waals surface area contributed by atoms with Crippen molar-refractivity contribution in [1.82, 2.24) is 14.7 Å². The predicted molar refractivity (Wildman–Crippen MR) is 54.9 cm³/mol. The Bertz CT molecular complexity index is 277. The molecule has 0 bridgehead atoms. The van der Waals surface area contributed by atoms with Crippen LogP contribution in [-0.2, 0) is 0 Å². The van der Waals surface area contributed by atoms with Crippen molar-refractivity contribution in [1.29, 1.82) is 0 Å². The molecule has 0 radical (unpaired) electrons. The molecule has 2 amide bonds. The summed E-state index contributed by atoms with van der Waals surface area (Å²) in [5, 5.41) is 0. The van der Waals surface area contributed by atoms with Crippen molar-refractivity contribution in [2.75, 3.05) is 33.2 Å². The molecular weight excluding hydrogens is 178 g/mol. The van der Waals surface area contributed by atoms with Crippen LogP contribution in [-0.4, -0.2) is 60.0 Å². The Morgan fingerprint density at radius 3 is 2.79 bits per heavy atom. The van der Waals surface area contributed by atoms with Crippen LogP contribution in [0.25, 0.3) is 0 Å². The largest absolute Gasteiger partial charge is 0.372 e. The number of allylic oxidation sites excluding steroid dienone is 1. The zero-order chi connectivity index (χ0) is 10.3. The number of hydrogen-bond acceptors (Lipinski definition) is 2. The highest BCUT2D eigenvalue weighted by Gasteiger charge is 2.38. The van der Waals surface area contributed by atoms with E-state index in [1.807, 2.05) is 18.9 Å². The van der Waals surface area contributed by atoms with Crippen LogP contribution in [0.15, 0.2) is 12.3 Å². The lowest BCUT2D eigenvalue weighted by molar-refractivity contribution is 0.142. The van der Waals surface area contributed by atoms with Crippen molar-refractivity contribution in [2.24, 2.45) is 0 Å². The second-order valence-electron chi connectivity index (χ2n) is 4.19. The molecule has 0 aromatic rings. The minimum atomic E-state index is 0.177. The fourth-order valence-electron chi connectivity index (χ4n) is 2.22. The fourth-order valence-corrected chi connectivity index (χ4v) is 2.22. The average Bonchev–Trinajstić information content (AvgIpc) is 2.42. The molecular formula is C10H17N3O. The molecule has 14 heavy (non-hydrogen) atoms. The Hall–Kier alpha value is -1.19. The molecule has 0 aromatic heterocycles. The van der Waals surface area contributed by atoms with Crippen molar-refractivity contribution >= 4 is 6.03 Å². The molecule has 0 saturated carbocycles. The van der Waals surface area contributed by atoms with E-state index in [-0.39, 0.29) is 6.03 Å². The highest BCUT2D eigenvalue weighted by Crippen LogP contribution is 2.20. The van der Waals surface area contributed by atoms with Crippen molar-refractivity contribution in [3.8, 4) is 0 Å². The minimum Gasteiger partial charge on any atom is -0.372 e. The van der Waals surface area contributed by atoms with E-state index in [1.165, 1.54) is 0 Å². The number of hydrogen-bond donors (Lipinski definition) is 0. The molecule has 2 heterocycles. The van der Waals surface area contributed by atoms with E-state index in [9.17, 15) is 4.79 Å². The van der Waals surface area contributed by atoms with E-state index >= 15 is 0 Å². The second kappa shape index (κ2) is 3.19. The van der Waals surface area contributed by atoms with Crippen LogP contribution in [0.5, 0.6) is 0 Å². The van der Waals surface area contributed by atoms with Gasteiger partial charge in [0.2, 0.25) is 0 Å². The number of carbonyl (C=O) groups excluding carboxylic acids is 1. The lowest BCUT2D eigenvalue weighted by Crippen LogP contribution is -2.51. The van der Waals surface area contributed by atoms with Gasteiger partial charge in [-0.05, 0) is 6.92 Å². The Balaban J connectivity index is 2.06. The Morgan fingerprint density at radius 2 is 2.14 bits per heavy atom. The Morgan fingerprint density at radius 1 is 1.43 bits per heavy atom. The van der Waals surface area contributed by atoms with Crippen molar-refractivity contribution < 1.29 is 4.79 Å². The lowest BCUT2D eigenvalue weighted by Gasteiger charge is -2.37. The maximum absolute atomic E-state index is 11.6. The number of nitrogens with zero attached hydrogens (tertiary/aromatic N) is 3. The topological polar surface area (TPSA) is 26.8 Å². The number of amides is 2. The third kappa shape index (κ3) is 1.35. The summed E-state index contributed by atoms with van der Waals surface area (Å²) in [4.78, 5) is 17.7. The first kappa shape index (κ1) is 9.37. The molecule has 4 nitrogen and oxygen atoms in total. The summed E-state index contributed by atoms with van der Waals surface area (Å²) >= 11 is 0. The quantitative estimate of drug-likeness (QED) is 0.611. The third-order valence-corrected chi connectivity index (χ3v) is 3.08. The number of urea groups is 1. The van der Waals surface area contributed by atoms with Crippen LogP contribution in [0.2, 0.25) is 0 Å². The number of carbonyl (C=O) groups is 1. The molecule has 2 aliphatic rings. The normalized spacial score (nSPS) is 26.9. The molecule has 2 aliphatic heterocycles. The lowest BCUT2D eigenvalue weighted by atomic mass is 10.2. The molecule has 2 fully saturated rings. The maximum atomic E-state index is 11.6. The Labute approximate surface area is 84.8 Å². The summed E-state index contributed by atoms with van der Waals surface area (Å²) < 4.78 is 0. The first-order valence-electron chi connectivity index (χ1n) is 5.02. The van der Waals surface area contributed by atoms with Gasteiger partial charge < -0.3 is 14.7 Å². The fraction of sp³-hybridized carbons (Fsp3) is 0.700. The number of likely N-dealkylation sites (N-methyl/N-ethyl adjacent to an activating group) is 1. The number of rotatable bonds is 1. The van der Waals surface area contributed by atoms with E-state index < -0.39 is 0 Å². The van der Waals surface area contributed by atoms with Gasteiger partial charge in [0.25, 0.3) is 0 Å². The molecule has 0 aromatic carbocycles. The van der Waals surface area contributed by atoms with Gasteiger partial charge in [0, 0.05) is 38.9 Å². The van der Waals surface area contributed by atoms with Crippen molar-refractivity contribution in [3.63, 3.8) is 0 Å². The van der Waals surface area contributed by atoms with Gasteiger partial charge in [0.05, 0.1) is 6.04 Å². The third-order valence-electron chi connectivity index (χ3n) is 3.08. The summed E-state index contributed by atoms with van der Waals surface area (Å²) in [6.45, 7) is 9.51. The van der Waals surface area contributed by atoms with E-state index in [0.29, 0.717) is 6.04 Å². The van der Waals surface area contributed by atoms with Gasteiger partial charge in [-0.2, -0.15) is 0 Å². The molecule has 0 aliphatic carbocycles. The first-order valence-corrected chi connectivity index (χ1v) is 5.02. The van der Waals surface area contributed by atoms with E-state index in [0.717, 1.165) is 31.9 Å². The van der Waals surface area contributed by atoms with Crippen LogP contribution >= 0.6 is 0 Å². The van der Waals surface area contributed by atoms with E-state index in [1.54, 1.807) is 4.90 Å². The van der Waals surface area contributed by atoms with Crippen molar-refractivity contribution in [3.05, 3.63) is 12.3 Å². The summed E-state index contributed by atoms with van der Waals surface area (Å²) in [7, 11) is 1.87. The average molecular weight is 195 g/mol. The van der Waals surface area contributed by atoms with E-state index in [2.05, 4.69) is 11.5 Å². The van der Waals surface area contributed by atoms with Gasteiger partial charge in [-0.25, -0.2) is 4.79 Å². The molecule has 0 spiro atoms. The van der Waals surface area contributed by atoms with Gasteiger partial charge in [0.15, 0.2) is 0 Å². The van der Waals surface area contributed by atoms with Gasteiger partial charge >= 0.3 is 6.03 Å². The highest BCUT2D eigenvalue weighted by atomic mass is 16.2. The molecule has 0 N–H and O–H groups in total. The highest BCUT2D eigenvalue weighted by molar-refractivity contribution is 5.77. The van der Waals surface area contributed by atoms with Crippen LogP contribution in [0.4, 0.5) is 4.79 Å². The maximum Gasteiger partial charge on any atom is 0.320 e. The monoisotopic (exact) mass is 195 g/mol. The molecule has 2 saturated heterocycles. The van der Waals surface area contributed by atoms with Gasteiger partial charge in [-0.15, -0.1) is 0 Å². The summed E-state index contributed by atoms with van der Waals surface area (Å²) in [6.07, 6.45) is 0. The molecule has 1 unspecified atom stereocenters. The van der Waals surface area contributed by atoms with Gasteiger partial charge in [0.1, 0.15) is 0 Å². The summed E-state index contributed by atoms with van der Waals surface area (Å²) in [5.41, 5.74) is 1.10. The minimum absolute atomic E-state index is 0.177. The van der Waals surface area contributed by atoms with Crippen LogP contribution in [0.3, 0.4) is 0 Å². The molecule has 2 rings (SSSR count). The number of fused-ring (bicyclic) bond motifs is 1. The standard InChI is InChI=1S/C10H17N3O/c1-8(2)12-4-5-13-9(7-12)6-11(3)10(13)14/h9H,1,4-7H2,2-3H3. The van der Waals surface area contributed by atoms with Gasteiger partial charge in [-0.3, -0.25) is 0 Å². The second-order valence-corrected chi connectivity index (χ2v) is 4.19. The number of piperazine rings is 1. The predicted octanol–water partition coefficient (Wildman–Crippen LogP) is 0.572. The zero-order valence-corrected chi connectivity index (χ0v) is 8.86. The van der Waals surface area contributed by atoms with Crippen molar-refractivity contribution in [2.45, 2.75) is 13.0 Å². The molecule has 78 valence electrons. The van der Waals surface area contributed by atoms with E-state index in [4.69, 9.17) is 0 Å².